The fraction of sp³-hybridized carbons (Fsp3) is 0.588. The molecule has 1 amide bonds. The van der Waals surface area contributed by atoms with Gasteiger partial charge in [0.2, 0.25) is 5.91 Å². The van der Waals surface area contributed by atoms with Crippen LogP contribution in [0.2, 0.25) is 0 Å². The molecule has 1 saturated heterocycles. The van der Waals surface area contributed by atoms with E-state index in [2.05, 4.69) is 20.3 Å². The highest BCUT2D eigenvalue weighted by Crippen LogP contribution is 2.25. The molecule has 0 bridgehead atoms. The second kappa shape index (κ2) is 6.86. The fourth-order valence-electron chi connectivity index (χ4n) is 3.53. The van der Waals surface area contributed by atoms with Gasteiger partial charge in [-0.2, -0.15) is 5.10 Å². The summed E-state index contributed by atoms with van der Waals surface area (Å²) in [6.07, 6.45) is 2.47. The standard InChI is InChI=1S/C17H25N5O2/c1-11-5-12(2)22-17(20-11)14(7-19-22)9-21-8-13(6-16(23)18-3)15(10-21)24-4/h5,7,13,15H,6,8-10H2,1-4H3,(H,18,23)/t13-,15+/m1/s1. The van der Waals surface area contributed by atoms with Gasteiger partial charge in [-0.05, 0) is 19.9 Å². The van der Waals surface area contributed by atoms with E-state index < -0.39 is 0 Å². The molecule has 1 aliphatic rings. The number of carbonyl (C=O) groups is 1. The minimum Gasteiger partial charge on any atom is -0.380 e. The van der Waals surface area contributed by atoms with Crippen molar-refractivity contribution in [1.29, 1.82) is 0 Å². The number of amides is 1. The van der Waals surface area contributed by atoms with Crippen LogP contribution in [0, 0.1) is 19.8 Å². The summed E-state index contributed by atoms with van der Waals surface area (Å²) in [6, 6.07) is 2.03. The van der Waals surface area contributed by atoms with Crippen LogP contribution in [-0.2, 0) is 16.1 Å². The first-order valence-corrected chi connectivity index (χ1v) is 8.28. The zero-order valence-electron chi connectivity index (χ0n) is 14.7. The molecule has 130 valence electrons. The molecule has 24 heavy (non-hydrogen) atoms. The van der Waals surface area contributed by atoms with Crippen molar-refractivity contribution in [1.82, 2.24) is 24.8 Å². The Morgan fingerprint density at radius 1 is 1.42 bits per heavy atom. The number of fused-ring (bicyclic) bond motifs is 1. The van der Waals surface area contributed by atoms with Gasteiger partial charge in [0, 0.05) is 63.1 Å². The van der Waals surface area contributed by atoms with Crippen LogP contribution in [0.5, 0.6) is 0 Å². The summed E-state index contributed by atoms with van der Waals surface area (Å²) in [5.41, 5.74) is 4.10. The minimum atomic E-state index is 0.0628. The second-order valence-corrected chi connectivity index (χ2v) is 6.55. The number of hydrogen-bond acceptors (Lipinski definition) is 5. The summed E-state index contributed by atoms with van der Waals surface area (Å²) >= 11 is 0. The van der Waals surface area contributed by atoms with Gasteiger partial charge in [0.05, 0.1) is 12.3 Å². The van der Waals surface area contributed by atoms with E-state index in [4.69, 9.17) is 4.74 Å². The highest BCUT2D eigenvalue weighted by Gasteiger charge is 2.34. The molecule has 1 aliphatic heterocycles. The van der Waals surface area contributed by atoms with E-state index in [9.17, 15) is 4.79 Å². The van der Waals surface area contributed by atoms with Gasteiger partial charge in [-0.25, -0.2) is 9.50 Å². The van der Waals surface area contributed by atoms with Gasteiger partial charge in [-0.15, -0.1) is 0 Å². The van der Waals surface area contributed by atoms with E-state index in [1.807, 2.05) is 30.6 Å². The monoisotopic (exact) mass is 331 g/mol. The third kappa shape index (κ3) is 3.27. The Morgan fingerprint density at radius 2 is 2.21 bits per heavy atom. The zero-order chi connectivity index (χ0) is 17.3. The summed E-state index contributed by atoms with van der Waals surface area (Å²) in [7, 11) is 3.39. The number of rotatable bonds is 5. The normalized spacial score (nSPS) is 21.5. The van der Waals surface area contributed by atoms with E-state index in [0.29, 0.717) is 6.42 Å². The molecule has 2 aromatic rings. The van der Waals surface area contributed by atoms with Gasteiger partial charge < -0.3 is 10.1 Å². The summed E-state index contributed by atoms with van der Waals surface area (Å²) < 4.78 is 7.47. The molecule has 0 spiro atoms. The average molecular weight is 331 g/mol. The molecular weight excluding hydrogens is 306 g/mol. The first-order chi connectivity index (χ1) is 11.5. The van der Waals surface area contributed by atoms with Gasteiger partial charge in [0.1, 0.15) is 0 Å². The van der Waals surface area contributed by atoms with Gasteiger partial charge in [-0.3, -0.25) is 9.69 Å². The molecule has 0 radical (unpaired) electrons. The lowest BCUT2D eigenvalue weighted by Gasteiger charge is -2.15. The van der Waals surface area contributed by atoms with Gasteiger partial charge in [0.15, 0.2) is 5.65 Å². The van der Waals surface area contributed by atoms with Crippen LogP contribution in [0.1, 0.15) is 23.4 Å². The predicted octanol–water partition coefficient (Wildman–Crippen LogP) is 0.929. The molecule has 2 aromatic heterocycles. The summed E-state index contributed by atoms with van der Waals surface area (Å²) in [5.74, 6) is 0.279. The minimum absolute atomic E-state index is 0.0628. The zero-order valence-corrected chi connectivity index (χ0v) is 14.7. The van der Waals surface area contributed by atoms with Crippen molar-refractivity contribution >= 4 is 11.6 Å². The van der Waals surface area contributed by atoms with Crippen LogP contribution in [0.3, 0.4) is 0 Å². The molecule has 2 atom stereocenters. The Bertz CT molecular complexity index is 742. The fourth-order valence-corrected chi connectivity index (χ4v) is 3.53. The topological polar surface area (TPSA) is 71.8 Å². The number of nitrogens with one attached hydrogen (secondary N) is 1. The van der Waals surface area contributed by atoms with Crippen molar-refractivity contribution in [2.45, 2.75) is 32.9 Å². The number of likely N-dealkylation sites (tertiary alicyclic amines) is 1. The Hall–Kier alpha value is -1.99. The first kappa shape index (κ1) is 16.9. The lowest BCUT2D eigenvalue weighted by molar-refractivity contribution is -0.122. The van der Waals surface area contributed by atoms with Crippen LogP contribution in [0.15, 0.2) is 12.3 Å². The molecule has 7 heteroatoms. The Balaban J connectivity index is 1.76. The summed E-state index contributed by atoms with van der Waals surface area (Å²) in [4.78, 5) is 18.6. The average Bonchev–Trinajstić information content (AvgIpc) is 3.12. The highest BCUT2D eigenvalue weighted by atomic mass is 16.5. The molecule has 3 rings (SSSR count). The first-order valence-electron chi connectivity index (χ1n) is 8.28. The van der Waals surface area contributed by atoms with Gasteiger partial charge >= 0.3 is 0 Å². The van der Waals surface area contributed by atoms with Crippen molar-refractivity contribution < 1.29 is 9.53 Å². The molecule has 1 N–H and O–H groups in total. The quantitative estimate of drug-likeness (QED) is 0.882. The van der Waals surface area contributed by atoms with Crippen LogP contribution >= 0.6 is 0 Å². The van der Waals surface area contributed by atoms with Crippen molar-refractivity contribution in [3.05, 3.63) is 29.2 Å². The van der Waals surface area contributed by atoms with E-state index in [-0.39, 0.29) is 17.9 Å². The Kier molecular flexibility index (Phi) is 4.82. The number of methoxy groups -OCH3 is 1. The van der Waals surface area contributed by atoms with Crippen LogP contribution < -0.4 is 5.32 Å². The van der Waals surface area contributed by atoms with E-state index >= 15 is 0 Å². The van der Waals surface area contributed by atoms with E-state index in [1.54, 1.807) is 14.2 Å². The third-order valence-corrected chi connectivity index (χ3v) is 4.73. The molecule has 3 heterocycles. The number of ether oxygens (including phenoxy) is 1. The van der Waals surface area contributed by atoms with E-state index in [1.165, 1.54) is 0 Å². The predicted molar refractivity (Wildman–Crippen MR) is 90.7 cm³/mol. The number of hydrogen-bond donors (Lipinski definition) is 1. The SMILES string of the molecule is CNC(=O)C[C@@H]1CN(Cc2cnn3c(C)cc(C)nc23)C[C@@H]1OC. The summed E-state index contributed by atoms with van der Waals surface area (Å²) in [6.45, 7) is 6.46. The lowest BCUT2D eigenvalue weighted by atomic mass is 10.0. The number of carbonyl (C=O) groups excluding carboxylic acids is 1. The maximum absolute atomic E-state index is 11.7. The largest absolute Gasteiger partial charge is 0.380 e. The molecule has 0 aromatic carbocycles. The maximum atomic E-state index is 11.7. The van der Waals surface area contributed by atoms with Crippen LogP contribution in [0.4, 0.5) is 0 Å². The molecule has 0 aliphatic carbocycles. The Labute approximate surface area is 142 Å². The van der Waals surface area contributed by atoms with E-state index in [0.717, 1.165) is 42.2 Å². The van der Waals surface area contributed by atoms with Gasteiger partial charge in [0.25, 0.3) is 0 Å². The molecular formula is C17H25N5O2. The van der Waals surface area contributed by atoms with Crippen molar-refractivity contribution in [2.24, 2.45) is 5.92 Å². The highest BCUT2D eigenvalue weighted by molar-refractivity contribution is 5.75. The van der Waals surface area contributed by atoms with Crippen LogP contribution in [-0.4, -0.2) is 58.8 Å². The molecule has 0 saturated carbocycles. The number of aryl methyl sites for hydroxylation is 2. The molecule has 0 unspecified atom stereocenters. The summed E-state index contributed by atoms with van der Waals surface area (Å²) in [5, 5.41) is 7.15. The van der Waals surface area contributed by atoms with Crippen LogP contribution in [0.25, 0.3) is 5.65 Å². The lowest BCUT2D eigenvalue weighted by Crippen LogP contribution is -2.28. The third-order valence-electron chi connectivity index (χ3n) is 4.73. The second-order valence-electron chi connectivity index (χ2n) is 6.55. The van der Waals surface area contributed by atoms with Gasteiger partial charge in [-0.1, -0.05) is 0 Å². The maximum Gasteiger partial charge on any atom is 0.220 e. The number of aromatic nitrogens is 3. The Morgan fingerprint density at radius 3 is 2.92 bits per heavy atom. The number of nitrogens with zero attached hydrogens (tertiary/aromatic N) is 4. The van der Waals surface area contributed by atoms with Crippen molar-refractivity contribution in [3.63, 3.8) is 0 Å². The smallest absolute Gasteiger partial charge is 0.220 e. The molecule has 1 fully saturated rings. The molecule has 7 nitrogen and oxygen atoms in total. The van der Waals surface area contributed by atoms with Crippen molar-refractivity contribution in [3.8, 4) is 0 Å². The van der Waals surface area contributed by atoms with Crippen molar-refractivity contribution in [2.75, 3.05) is 27.2 Å².